The summed E-state index contributed by atoms with van der Waals surface area (Å²) in [5.41, 5.74) is -0.376. The topological polar surface area (TPSA) is 42.4 Å². The highest BCUT2D eigenvalue weighted by Gasteiger charge is 2.21. The quantitative estimate of drug-likeness (QED) is 0.869. The first-order valence-electron chi connectivity index (χ1n) is 3.72. The second kappa shape index (κ2) is 4.83. The Hall–Kier alpha value is -0.500. The van der Waals surface area contributed by atoms with Gasteiger partial charge in [-0.3, -0.25) is 4.98 Å². The minimum absolute atomic E-state index is 0.0442. The van der Waals surface area contributed by atoms with E-state index < -0.39 is 13.0 Å². The number of hydrogen-bond acceptors (Lipinski definition) is 3. The van der Waals surface area contributed by atoms with Gasteiger partial charge >= 0.3 is 0 Å². The molecule has 0 aromatic carbocycles. The highest BCUT2D eigenvalue weighted by molar-refractivity contribution is 14.1. The smallest absolute Gasteiger partial charge is 0.269 e. The van der Waals surface area contributed by atoms with E-state index in [1.54, 1.807) is 0 Å². The fraction of sp³-hybridized carbons (Fsp3) is 0.375. The van der Waals surface area contributed by atoms with Crippen molar-refractivity contribution >= 4 is 22.6 Å². The minimum Gasteiger partial charge on any atom is -0.495 e. The van der Waals surface area contributed by atoms with Crippen molar-refractivity contribution < 1.29 is 18.6 Å². The lowest BCUT2D eigenvalue weighted by Gasteiger charge is -2.12. The summed E-state index contributed by atoms with van der Waals surface area (Å²) in [6.45, 7) is -0.521. The van der Waals surface area contributed by atoms with Gasteiger partial charge in [0.25, 0.3) is 6.43 Å². The van der Waals surface area contributed by atoms with E-state index in [2.05, 4.69) is 4.98 Å². The van der Waals surface area contributed by atoms with Gasteiger partial charge in [0.2, 0.25) is 0 Å². The molecule has 78 valence electrons. The number of aromatic nitrogens is 1. The number of ether oxygens (including phenoxy) is 1. The molecule has 0 saturated heterocycles. The van der Waals surface area contributed by atoms with Gasteiger partial charge in [-0.25, -0.2) is 8.78 Å². The van der Waals surface area contributed by atoms with E-state index in [0.717, 1.165) is 0 Å². The van der Waals surface area contributed by atoms with Crippen molar-refractivity contribution in [2.75, 3.05) is 7.11 Å². The van der Waals surface area contributed by atoms with Gasteiger partial charge in [0.1, 0.15) is 5.75 Å². The van der Waals surface area contributed by atoms with Crippen LogP contribution in [0.3, 0.4) is 0 Å². The van der Waals surface area contributed by atoms with E-state index in [4.69, 9.17) is 9.84 Å². The lowest BCUT2D eigenvalue weighted by Crippen LogP contribution is -2.03. The van der Waals surface area contributed by atoms with Gasteiger partial charge in [0.05, 0.1) is 28.5 Å². The molecule has 0 aliphatic rings. The molecule has 1 rings (SSSR count). The lowest BCUT2D eigenvalue weighted by molar-refractivity contribution is 0.141. The molecule has 1 N–H and O–H groups in total. The molecule has 6 heteroatoms. The molecule has 14 heavy (non-hydrogen) atoms. The molecule has 0 unspecified atom stereocenters. The number of hydrogen-bond donors (Lipinski definition) is 1. The van der Waals surface area contributed by atoms with E-state index in [1.807, 2.05) is 22.6 Å². The molecular weight excluding hydrogens is 307 g/mol. The van der Waals surface area contributed by atoms with Gasteiger partial charge in [0, 0.05) is 6.20 Å². The van der Waals surface area contributed by atoms with Gasteiger partial charge in [-0.05, 0) is 22.6 Å². The van der Waals surface area contributed by atoms with E-state index >= 15 is 0 Å². The Labute approximate surface area is 93.2 Å². The van der Waals surface area contributed by atoms with Crippen molar-refractivity contribution in [3.8, 4) is 5.75 Å². The fourth-order valence-corrected chi connectivity index (χ4v) is 1.73. The molecule has 0 saturated carbocycles. The molecular formula is C8H8F2INO2. The Kier molecular flexibility index (Phi) is 3.99. The molecule has 0 aliphatic heterocycles. The Balaban J connectivity index is 3.36. The molecule has 0 spiro atoms. The number of aliphatic hydroxyl groups excluding tert-OH is 1. The van der Waals surface area contributed by atoms with Gasteiger partial charge in [-0.2, -0.15) is 0 Å². The van der Waals surface area contributed by atoms with Gasteiger partial charge in [-0.1, -0.05) is 0 Å². The molecule has 0 atom stereocenters. The highest BCUT2D eigenvalue weighted by Crippen LogP contribution is 2.34. The first kappa shape index (κ1) is 11.6. The van der Waals surface area contributed by atoms with Crippen LogP contribution in [0.25, 0.3) is 0 Å². The molecule has 0 bridgehead atoms. The van der Waals surface area contributed by atoms with Gasteiger partial charge < -0.3 is 9.84 Å². The summed E-state index contributed by atoms with van der Waals surface area (Å²) < 4.78 is 30.6. The third kappa shape index (κ3) is 2.11. The zero-order valence-corrected chi connectivity index (χ0v) is 9.46. The lowest BCUT2D eigenvalue weighted by atomic mass is 10.2. The first-order chi connectivity index (χ1) is 6.61. The molecule has 3 nitrogen and oxygen atoms in total. The minimum atomic E-state index is -2.70. The van der Waals surface area contributed by atoms with Crippen molar-refractivity contribution in [2.45, 2.75) is 13.0 Å². The predicted octanol–water partition coefficient (Wildman–Crippen LogP) is 2.12. The highest BCUT2D eigenvalue weighted by atomic mass is 127. The standard InChI is InChI=1S/C8H8F2INO2/c1-14-7-4(11)2-12-5(3-13)6(7)8(9)10/h2,8,13H,3H2,1H3. The van der Waals surface area contributed by atoms with Crippen molar-refractivity contribution in [3.05, 3.63) is 21.0 Å². The number of halogens is 3. The number of aliphatic hydroxyl groups is 1. The number of pyridine rings is 1. The second-order valence-corrected chi connectivity index (χ2v) is 3.62. The fourth-order valence-electron chi connectivity index (χ4n) is 1.08. The summed E-state index contributed by atoms with van der Waals surface area (Å²) in [6, 6.07) is 0. The summed E-state index contributed by atoms with van der Waals surface area (Å²) in [5.74, 6) is 0.0830. The van der Waals surface area contributed by atoms with Crippen LogP contribution < -0.4 is 4.74 Å². The van der Waals surface area contributed by atoms with Crippen LogP contribution in [0.15, 0.2) is 6.20 Å². The number of alkyl halides is 2. The van der Waals surface area contributed by atoms with Crippen LogP contribution in [0.4, 0.5) is 8.78 Å². The largest absolute Gasteiger partial charge is 0.495 e. The van der Waals surface area contributed by atoms with E-state index in [1.165, 1.54) is 13.3 Å². The van der Waals surface area contributed by atoms with Crippen molar-refractivity contribution in [1.29, 1.82) is 0 Å². The third-order valence-corrected chi connectivity index (χ3v) is 2.45. The maximum Gasteiger partial charge on any atom is 0.269 e. The molecule has 1 aromatic heterocycles. The molecule has 0 fully saturated rings. The van der Waals surface area contributed by atoms with Crippen molar-refractivity contribution in [2.24, 2.45) is 0 Å². The van der Waals surface area contributed by atoms with Crippen LogP contribution in [-0.2, 0) is 6.61 Å². The Morgan fingerprint density at radius 1 is 1.64 bits per heavy atom. The van der Waals surface area contributed by atoms with Crippen molar-refractivity contribution in [3.63, 3.8) is 0 Å². The van der Waals surface area contributed by atoms with Crippen LogP contribution in [0.1, 0.15) is 17.7 Å². The predicted molar refractivity (Wildman–Crippen MR) is 54.4 cm³/mol. The van der Waals surface area contributed by atoms with Crippen LogP contribution in [0.2, 0.25) is 0 Å². The van der Waals surface area contributed by atoms with Crippen LogP contribution in [-0.4, -0.2) is 17.2 Å². The molecule has 0 aliphatic carbocycles. The Bertz CT molecular complexity index is 333. The van der Waals surface area contributed by atoms with Crippen LogP contribution in [0.5, 0.6) is 5.75 Å². The Morgan fingerprint density at radius 2 is 2.29 bits per heavy atom. The van der Waals surface area contributed by atoms with Gasteiger partial charge in [0.15, 0.2) is 0 Å². The van der Waals surface area contributed by atoms with E-state index in [9.17, 15) is 8.78 Å². The third-order valence-electron chi connectivity index (χ3n) is 1.68. The average molecular weight is 315 g/mol. The number of rotatable bonds is 3. The summed E-state index contributed by atoms with van der Waals surface area (Å²) in [6.07, 6.45) is -1.31. The Morgan fingerprint density at radius 3 is 2.71 bits per heavy atom. The maximum atomic E-state index is 12.6. The second-order valence-electron chi connectivity index (χ2n) is 2.46. The van der Waals surface area contributed by atoms with Crippen molar-refractivity contribution in [1.82, 2.24) is 4.98 Å². The molecule has 0 amide bonds. The SMILES string of the molecule is COc1c(I)cnc(CO)c1C(F)F. The van der Waals surface area contributed by atoms with Gasteiger partial charge in [-0.15, -0.1) is 0 Å². The summed E-state index contributed by atoms with van der Waals surface area (Å²) in [5, 5.41) is 8.82. The molecule has 1 aromatic rings. The van der Waals surface area contributed by atoms with Crippen LogP contribution in [0, 0.1) is 3.57 Å². The monoisotopic (exact) mass is 315 g/mol. The van der Waals surface area contributed by atoms with Crippen LogP contribution >= 0.6 is 22.6 Å². The zero-order valence-electron chi connectivity index (χ0n) is 7.30. The van der Waals surface area contributed by atoms with E-state index in [0.29, 0.717) is 3.57 Å². The zero-order chi connectivity index (χ0) is 10.7. The normalized spacial score (nSPS) is 10.7. The van der Waals surface area contributed by atoms with E-state index in [-0.39, 0.29) is 17.0 Å². The number of methoxy groups -OCH3 is 1. The summed E-state index contributed by atoms with van der Waals surface area (Å²) in [4.78, 5) is 3.71. The first-order valence-corrected chi connectivity index (χ1v) is 4.80. The maximum absolute atomic E-state index is 12.6. The summed E-state index contributed by atoms with van der Waals surface area (Å²) >= 11 is 1.85. The average Bonchev–Trinajstić information content (AvgIpc) is 2.17. The number of nitrogens with zero attached hydrogens (tertiary/aromatic N) is 1. The molecule has 1 heterocycles. The molecule has 0 radical (unpaired) electrons. The summed E-state index contributed by atoms with van der Waals surface area (Å²) in [7, 11) is 1.31.